The lowest BCUT2D eigenvalue weighted by Crippen LogP contribution is -2.10. The zero-order valence-corrected chi connectivity index (χ0v) is 16.2. The van der Waals surface area contributed by atoms with Gasteiger partial charge < -0.3 is 10.2 Å². The highest BCUT2D eigenvalue weighted by Gasteiger charge is 2.15. The molecule has 0 saturated heterocycles. The number of thiazole rings is 1. The van der Waals surface area contributed by atoms with Gasteiger partial charge in [0.05, 0.1) is 4.88 Å². The van der Waals surface area contributed by atoms with E-state index in [0.717, 1.165) is 50.5 Å². The third-order valence-corrected chi connectivity index (χ3v) is 5.13. The molecule has 130 valence electrons. The predicted molar refractivity (Wildman–Crippen MR) is 109 cm³/mol. The van der Waals surface area contributed by atoms with Gasteiger partial charge in [0.1, 0.15) is 5.82 Å². The maximum Gasteiger partial charge on any atom is 0.183 e. The van der Waals surface area contributed by atoms with Crippen molar-refractivity contribution in [1.29, 1.82) is 0 Å². The minimum absolute atomic E-state index is 0.719. The number of nitrogens with one attached hydrogen (secondary N) is 1. The number of halogens is 1. The summed E-state index contributed by atoms with van der Waals surface area (Å²) in [5.74, 6) is 0.905. The van der Waals surface area contributed by atoms with Crippen molar-refractivity contribution in [3.8, 4) is 21.6 Å². The Kier molecular flexibility index (Phi) is 5.56. The first-order valence-electron chi connectivity index (χ1n) is 8.22. The molecule has 6 heteroatoms. The Morgan fingerprint density at radius 3 is 2.60 bits per heavy atom. The summed E-state index contributed by atoms with van der Waals surface area (Å²) in [6, 6.07) is 9.95. The van der Waals surface area contributed by atoms with Crippen LogP contribution >= 0.6 is 22.9 Å². The summed E-state index contributed by atoms with van der Waals surface area (Å²) < 4.78 is 0. The van der Waals surface area contributed by atoms with E-state index in [4.69, 9.17) is 11.6 Å². The van der Waals surface area contributed by atoms with Crippen LogP contribution in [0.1, 0.15) is 13.3 Å². The van der Waals surface area contributed by atoms with Crippen LogP contribution in [0.15, 0.2) is 42.7 Å². The number of nitrogens with zero attached hydrogens (tertiary/aromatic N) is 3. The highest BCUT2D eigenvalue weighted by molar-refractivity contribution is 7.18. The minimum atomic E-state index is 0.719. The van der Waals surface area contributed by atoms with Gasteiger partial charge in [0.2, 0.25) is 0 Å². The van der Waals surface area contributed by atoms with Gasteiger partial charge in [-0.25, -0.2) is 9.97 Å². The summed E-state index contributed by atoms with van der Waals surface area (Å²) in [6.45, 7) is 3.06. The van der Waals surface area contributed by atoms with Gasteiger partial charge in [-0.3, -0.25) is 0 Å². The molecular weight excluding hydrogens is 352 g/mol. The number of anilines is 2. The van der Waals surface area contributed by atoms with Gasteiger partial charge in [-0.15, -0.1) is 0 Å². The third-order valence-electron chi connectivity index (χ3n) is 3.81. The number of aromatic nitrogens is 2. The average Bonchev–Trinajstić information content (AvgIpc) is 3.08. The molecule has 0 aliphatic rings. The van der Waals surface area contributed by atoms with Crippen molar-refractivity contribution in [2.75, 3.05) is 30.9 Å². The van der Waals surface area contributed by atoms with Gasteiger partial charge in [-0.2, -0.15) is 0 Å². The molecule has 0 atom stereocenters. The quantitative estimate of drug-likeness (QED) is 0.627. The Hall–Kier alpha value is -2.11. The molecule has 0 fully saturated rings. The van der Waals surface area contributed by atoms with Crippen molar-refractivity contribution in [2.45, 2.75) is 13.3 Å². The molecule has 0 bridgehead atoms. The van der Waals surface area contributed by atoms with E-state index in [1.807, 2.05) is 55.7 Å². The molecule has 0 aliphatic heterocycles. The zero-order chi connectivity index (χ0) is 17.8. The fraction of sp³-hybridized carbons (Fsp3) is 0.263. The van der Waals surface area contributed by atoms with E-state index >= 15 is 0 Å². The normalized spacial score (nSPS) is 10.7. The second-order valence-corrected chi connectivity index (χ2v) is 7.36. The maximum absolute atomic E-state index is 6.43. The van der Waals surface area contributed by atoms with Gasteiger partial charge in [0.25, 0.3) is 0 Å². The Balaban J connectivity index is 2.10. The highest BCUT2D eigenvalue weighted by atomic mass is 35.5. The van der Waals surface area contributed by atoms with Crippen molar-refractivity contribution < 1.29 is 0 Å². The molecule has 0 spiro atoms. The molecule has 0 radical (unpaired) electrons. The molecule has 2 heterocycles. The smallest absolute Gasteiger partial charge is 0.183 e. The van der Waals surface area contributed by atoms with Crippen LogP contribution in [0.3, 0.4) is 0 Å². The number of hydrogen-bond acceptors (Lipinski definition) is 5. The molecule has 4 nitrogen and oxygen atoms in total. The second-order valence-electron chi connectivity index (χ2n) is 5.92. The first kappa shape index (κ1) is 17.7. The van der Waals surface area contributed by atoms with Gasteiger partial charge in [0, 0.05) is 54.7 Å². The molecular formula is C19H21ClN4S. The lowest BCUT2D eigenvalue weighted by atomic mass is 10.0. The fourth-order valence-corrected chi connectivity index (χ4v) is 3.61. The molecule has 2 aromatic heterocycles. The van der Waals surface area contributed by atoms with Crippen molar-refractivity contribution in [3.05, 3.63) is 47.7 Å². The van der Waals surface area contributed by atoms with Crippen LogP contribution < -0.4 is 10.2 Å². The number of hydrogen-bond donors (Lipinski definition) is 1. The van der Waals surface area contributed by atoms with E-state index in [-0.39, 0.29) is 0 Å². The molecule has 25 heavy (non-hydrogen) atoms. The van der Waals surface area contributed by atoms with Crippen molar-refractivity contribution in [3.63, 3.8) is 0 Å². The highest BCUT2D eigenvalue weighted by Crippen LogP contribution is 2.39. The van der Waals surface area contributed by atoms with E-state index in [1.165, 1.54) is 0 Å². The van der Waals surface area contributed by atoms with Gasteiger partial charge >= 0.3 is 0 Å². The molecule has 0 aliphatic carbocycles. The Morgan fingerprint density at radius 1 is 1.08 bits per heavy atom. The monoisotopic (exact) mass is 372 g/mol. The van der Waals surface area contributed by atoms with Crippen LogP contribution in [0.5, 0.6) is 0 Å². The molecule has 3 rings (SSSR count). The van der Waals surface area contributed by atoms with Gasteiger partial charge in [0.15, 0.2) is 5.13 Å². The van der Waals surface area contributed by atoms with Crippen molar-refractivity contribution >= 4 is 33.9 Å². The zero-order valence-electron chi connectivity index (χ0n) is 14.6. The van der Waals surface area contributed by atoms with Gasteiger partial charge in [-0.05, 0) is 18.6 Å². The minimum Gasteiger partial charge on any atom is -0.363 e. The van der Waals surface area contributed by atoms with E-state index in [1.54, 1.807) is 11.3 Å². The van der Waals surface area contributed by atoms with Crippen LogP contribution in [-0.2, 0) is 0 Å². The maximum atomic E-state index is 6.43. The van der Waals surface area contributed by atoms with Gasteiger partial charge in [-0.1, -0.05) is 48.1 Å². The Bertz CT molecular complexity index is 860. The molecule has 1 aromatic carbocycles. The standard InChI is InChI=1S/C19H21ClN4S/c1-4-9-21-19-23-12-17(25-19)14-10-18(24(2)3)22-11-15(14)13-7-5-6-8-16(13)20/h5-8,10-12H,4,9H2,1-3H3,(H,21,23). The molecule has 0 saturated carbocycles. The summed E-state index contributed by atoms with van der Waals surface area (Å²) in [7, 11) is 3.98. The number of rotatable bonds is 6. The van der Waals surface area contributed by atoms with Crippen LogP contribution in [0.2, 0.25) is 5.02 Å². The topological polar surface area (TPSA) is 41.1 Å². The van der Waals surface area contributed by atoms with Crippen LogP contribution in [0, 0.1) is 0 Å². The average molecular weight is 373 g/mol. The van der Waals surface area contributed by atoms with Crippen LogP contribution in [-0.4, -0.2) is 30.6 Å². The first-order chi connectivity index (χ1) is 12.1. The SMILES string of the molecule is CCCNc1ncc(-c2cc(N(C)C)ncc2-c2ccccc2Cl)s1. The Labute approximate surface area is 157 Å². The summed E-state index contributed by atoms with van der Waals surface area (Å²) in [5, 5.41) is 5.00. The van der Waals surface area contributed by atoms with E-state index in [0.29, 0.717) is 0 Å². The van der Waals surface area contributed by atoms with Crippen LogP contribution in [0.4, 0.5) is 10.9 Å². The molecule has 0 unspecified atom stereocenters. The summed E-state index contributed by atoms with van der Waals surface area (Å²) >= 11 is 8.08. The summed E-state index contributed by atoms with van der Waals surface area (Å²) in [5.41, 5.74) is 3.09. The fourth-order valence-electron chi connectivity index (χ4n) is 2.50. The van der Waals surface area contributed by atoms with Crippen molar-refractivity contribution in [2.24, 2.45) is 0 Å². The summed E-state index contributed by atoms with van der Waals surface area (Å²) in [4.78, 5) is 12.2. The molecule has 3 aromatic rings. The summed E-state index contributed by atoms with van der Waals surface area (Å²) in [6.07, 6.45) is 4.88. The lowest BCUT2D eigenvalue weighted by Gasteiger charge is -2.15. The third kappa shape index (κ3) is 3.94. The van der Waals surface area contributed by atoms with Crippen molar-refractivity contribution in [1.82, 2.24) is 9.97 Å². The number of pyridine rings is 1. The Morgan fingerprint density at radius 2 is 1.88 bits per heavy atom. The molecule has 0 amide bonds. The van der Waals surface area contributed by atoms with E-state index < -0.39 is 0 Å². The largest absolute Gasteiger partial charge is 0.363 e. The predicted octanol–water partition coefficient (Wildman–Crippen LogP) is 5.41. The van der Waals surface area contributed by atoms with Crippen LogP contribution in [0.25, 0.3) is 21.6 Å². The second kappa shape index (κ2) is 7.85. The lowest BCUT2D eigenvalue weighted by molar-refractivity contribution is 0.976. The first-order valence-corrected chi connectivity index (χ1v) is 9.42. The molecule has 1 N–H and O–H groups in total. The van der Waals surface area contributed by atoms with E-state index in [9.17, 15) is 0 Å². The van der Waals surface area contributed by atoms with E-state index in [2.05, 4.69) is 28.3 Å². The number of benzene rings is 1.